The van der Waals surface area contributed by atoms with Gasteiger partial charge in [-0.3, -0.25) is 4.99 Å². The van der Waals surface area contributed by atoms with Crippen LogP contribution in [0.1, 0.15) is 12.0 Å². The van der Waals surface area contributed by atoms with E-state index in [9.17, 15) is 0 Å². The zero-order valence-corrected chi connectivity index (χ0v) is 20.6. The fourth-order valence-electron chi connectivity index (χ4n) is 3.83. The number of guanidine groups is 1. The van der Waals surface area contributed by atoms with Crippen LogP contribution in [-0.4, -0.2) is 58.8 Å². The van der Waals surface area contributed by atoms with Gasteiger partial charge in [0.15, 0.2) is 5.96 Å². The quantitative estimate of drug-likeness (QED) is 0.339. The van der Waals surface area contributed by atoms with Crippen LogP contribution in [0.25, 0.3) is 0 Å². The number of methoxy groups -OCH3 is 2. The molecule has 0 saturated carbocycles. The van der Waals surface area contributed by atoms with E-state index in [0.717, 1.165) is 55.6 Å². The fraction of sp³-hybridized carbons (Fsp3) is 0.435. The highest BCUT2D eigenvalue weighted by atomic mass is 127. The minimum Gasteiger partial charge on any atom is -0.497 e. The molecule has 1 saturated heterocycles. The Morgan fingerprint density at radius 1 is 1.17 bits per heavy atom. The first-order valence-corrected chi connectivity index (χ1v) is 10.1. The normalized spacial score (nSPS) is 16.1. The Morgan fingerprint density at radius 3 is 2.70 bits per heavy atom. The summed E-state index contributed by atoms with van der Waals surface area (Å²) in [6, 6.07) is 16.4. The van der Waals surface area contributed by atoms with Crippen LogP contribution in [-0.2, 0) is 6.54 Å². The number of nitrogens with one attached hydrogen (secondary N) is 1. The maximum absolute atomic E-state index is 5.47. The molecule has 1 unspecified atom stereocenters. The van der Waals surface area contributed by atoms with E-state index >= 15 is 0 Å². The second-order valence-corrected chi connectivity index (χ2v) is 7.40. The van der Waals surface area contributed by atoms with Crippen LogP contribution in [0.2, 0.25) is 0 Å². The van der Waals surface area contributed by atoms with Crippen molar-refractivity contribution >= 4 is 35.6 Å². The van der Waals surface area contributed by atoms with Gasteiger partial charge in [0.05, 0.1) is 14.2 Å². The second-order valence-electron chi connectivity index (χ2n) is 7.40. The van der Waals surface area contributed by atoms with Gasteiger partial charge in [-0.2, -0.15) is 0 Å². The summed E-state index contributed by atoms with van der Waals surface area (Å²) in [5.74, 6) is 3.29. The molecule has 1 aliphatic heterocycles. The standard InChI is InChI=1S/C23H32N4O2.HI/c1-24-23(26(2)17-19-8-5-6-11-22(19)29-4)25-15-18-12-13-27(16-18)20-9-7-10-21(14-20)28-3;/h5-11,14,18H,12-13,15-17H2,1-4H3,(H,24,25);1H. The van der Waals surface area contributed by atoms with Gasteiger partial charge in [0.1, 0.15) is 11.5 Å². The molecule has 1 aliphatic rings. The molecule has 3 rings (SSSR count). The van der Waals surface area contributed by atoms with E-state index in [4.69, 9.17) is 9.47 Å². The van der Waals surface area contributed by atoms with E-state index in [2.05, 4.69) is 51.4 Å². The first-order valence-electron chi connectivity index (χ1n) is 10.1. The largest absolute Gasteiger partial charge is 0.497 e. The Bertz CT molecular complexity index is 830. The topological polar surface area (TPSA) is 49.3 Å². The van der Waals surface area contributed by atoms with Gasteiger partial charge in [0.25, 0.3) is 0 Å². The van der Waals surface area contributed by atoms with Crippen molar-refractivity contribution in [2.75, 3.05) is 52.8 Å². The number of anilines is 1. The van der Waals surface area contributed by atoms with Crippen LogP contribution < -0.4 is 19.7 Å². The summed E-state index contributed by atoms with van der Waals surface area (Å²) >= 11 is 0. The smallest absolute Gasteiger partial charge is 0.193 e. The summed E-state index contributed by atoms with van der Waals surface area (Å²) in [6.07, 6.45) is 1.16. The number of hydrogen-bond donors (Lipinski definition) is 1. The minimum absolute atomic E-state index is 0. The van der Waals surface area contributed by atoms with Gasteiger partial charge < -0.3 is 24.6 Å². The van der Waals surface area contributed by atoms with Crippen LogP contribution in [0, 0.1) is 5.92 Å². The van der Waals surface area contributed by atoms with Crippen molar-refractivity contribution in [1.29, 1.82) is 0 Å². The fourth-order valence-corrected chi connectivity index (χ4v) is 3.83. The minimum atomic E-state index is 0. The first-order chi connectivity index (χ1) is 14.1. The first kappa shape index (κ1) is 24.1. The average Bonchev–Trinajstić information content (AvgIpc) is 3.23. The third-order valence-corrected chi connectivity index (χ3v) is 5.43. The third kappa shape index (κ3) is 6.17. The number of aliphatic imine (C=N–C) groups is 1. The van der Waals surface area contributed by atoms with Crippen LogP contribution in [0.3, 0.4) is 0 Å². The summed E-state index contributed by atoms with van der Waals surface area (Å²) in [7, 11) is 7.31. The SMILES string of the molecule is CN=C(NCC1CCN(c2cccc(OC)c2)C1)N(C)Cc1ccccc1OC.I. The van der Waals surface area contributed by atoms with E-state index in [1.807, 2.05) is 31.3 Å². The molecule has 30 heavy (non-hydrogen) atoms. The van der Waals surface area contributed by atoms with E-state index in [1.54, 1.807) is 14.2 Å². The zero-order valence-electron chi connectivity index (χ0n) is 18.3. The van der Waals surface area contributed by atoms with Crippen molar-refractivity contribution in [2.45, 2.75) is 13.0 Å². The third-order valence-electron chi connectivity index (χ3n) is 5.43. The van der Waals surface area contributed by atoms with Gasteiger partial charge in [0.2, 0.25) is 0 Å². The summed E-state index contributed by atoms with van der Waals surface area (Å²) in [5, 5.41) is 3.55. The molecule has 0 aromatic heterocycles. The van der Waals surface area contributed by atoms with Crippen molar-refractivity contribution in [1.82, 2.24) is 10.2 Å². The Labute approximate surface area is 197 Å². The molecule has 0 aliphatic carbocycles. The predicted octanol–water partition coefficient (Wildman–Crippen LogP) is 3.86. The maximum Gasteiger partial charge on any atom is 0.193 e. The molecule has 2 aromatic carbocycles. The highest BCUT2D eigenvalue weighted by molar-refractivity contribution is 14.0. The van der Waals surface area contributed by atoms with Gasteiger partial charge in [-0.25, -0.2) is 0 Å². The van der Waals surface area contributed by atoms with Gasteiger partial charge >= 0.3 is 0 Å². The molecule has 7 heteroatoms. The number of benzene rings is 2. The Morgan fingerprint density at radius 2 is 1.97 bits per heavy atom. The molecular weight excluding hydrogens is 491 g/mol. The zero-order chi connectivity index (χ0) is 20.6. The number of rotatable bonds is 7. The lowest BCUT2D eigenvalue weighted by molar-refractivity contribution is 0.395. The lowest BCUT2D eigenvalue weighted by Gasteiger charge is -2.24. The molecule has 2 aromatic rings. The number of hydrogen-bond acceptors (Lipinski definition) is 4. The predicted molar refractivity (Wildman–Crippen MR) is 135 cm³/mol. The summed E-state index contributed by atoms with van der Waals surface area (Å²) < 4.78 is 10.8. The van der Waals surface area contributed by atoms with Crippen molar-refractivity contribution < 1.29 is 9.47 Å². The number of halogens is 1. The van der Waals surface area contributed by atoms with E-state index in [0.29, 0.717) is 5.92 Å². The van der Waals surface area contributed by atoms with Crippen LogP contribution >= 0.6 is 24.0 Å². The highest BCUT2D eigenvalue weighted by Crippen LogP contribution is 2.26. The highest BCUT2D eigenvalue weighted by Gasteiger charge is 2.23. The Kier molecular flexibility index (Phi) is 9.55. The molecule has 0 amide bonds. The Hall–Kier alpha value is -2.16. The van der Waals surface area contributed by atoms with Crippen molar-refractivity contribution in [2.24, 2.45) is 10.9 Å². The summed E-state index contributed by atoms with van der Waals surface area (Å²) in [4.78, 5) is 9.02. The van der Waals surface area contributed by atoms with E-state index in [1.165, 1.54) is 5.69 Å². The van der Waals surface area contributed by atoms with Gasteiger partial charge in [-0.15, -0.1) is 24.0 Å². The lowest BCUT2D eigenvalue weighted by atomic mass is 10.1. The van der Waals surface area contributed by atoms with Gasteiger partial charge in [0, 0.05) is 57.6 Å². The number of nitrogens with zero attached hydrogens (tertiary/aromatic N) is 3. The molecule has 0 bridgehead atoms. The molecule has 0 radical (unpaired) electrons. The molecule has 6 nitrogen and oxygen atoms in total. The van der Waals surface area contributed by atoms with E-state index < -0.39 is 0 Å². The van der Waals surface area contributed by atoms with Crippen molar-refractivity contribution in [3.05, 3.63) is 54.1 Å². The van der Waals surface area contributed by atoms with Crippen LogP contribution in [0.5, 0.6) is 11.5 Å². The lowest BCUT2D eigenvalue weighted by Crippen LogP contribution is -2.41. The van der Waals surface area contributed by atoms with Crippen LogP contribution in [0.15, 0.2) is 53.5 Å². The molecule has 1 fully saturated rings. The maximum atomic E-state index is 5.47. The van der Waals surface area contributed by atoms with E-state index in [-0.39, 0.29) is 24.0 Å². The molecule has 1 heterocycles. The average molecular weight is 524 g/mol. The van der Waals surface area contributed by atoms with Crippen molar-refractivity contribution in [3.8, 4) is 11.5 Å². The molecule has 1 N–H and O–H groups in total. The van der Waals surface area contributed by atoms with Gasteiger partial charge in [-0.05, 0) is 30.5 Å². The second kappa shape index (κ2) is 11.9. The molecule has 1 atom stereocenters. The summed E-state index contributed by atoms with van der Waals surface area (Å²) in [6.45, 7) is 3.75. The molecule has 0 spiro atoms. The molecular formula is C23H33IN4O2. The summed E-state index contributed by atoms with van der Waals surface area (Å²) in [5.41, 5.74) is 2.37. The number of ether oxygens (including phenoxy) is 2. The van der Waals surface area contributed by atoms with Gasteiger partial charge in [-0.1, -0.05) is 24.3 Å². The number of para-hydroxylation sites is 1. The molecule has 164 valence electrons. The Balaban J connectivity index is 0.00000320. The van der Waals surface area contributed by atoms with Crippen LogP contribution in [0.4, 0.5) is 5.69 Å². The monoisotopic (exact) mass is 524 g/mol. The van der Waals surface area contributed by atoms with Crippen molar-refractivity contribution in [3.63, 3.8) is 0 Å².